The van der Waals surface area contributed by atoms with Crippen LogP contribution in [0.3, 0.4) is 0 Å². The Morgan fingerprint density at radius 1 is 1.56 bits per heavy atom. The van der Waals surface area contributed by atoms with Crippen LogP contribution in [0, 0.1) is 0 Å². The molecule has 1 aromatic heterocycles. The van der Waals surface area contributed by atoms with Crippen LogP contribution in [-0.4, -0.2) is 29.0 Å². The predicted molar refractivity (Wildman–Crippen MR) is 60.4 cm³/mol. The largest absolute Gasteiger partial charge is 0.469 e. The number of hydrogen-bond acceptors (Lipinski definition) is 6. The van der Waals surface area contributed by atoms with Crippen molar-refractivity contribution in [3.8, 4) is 0 Å². The summed E-state index contributed by atoms with van der Waals surface area (Å²) < 4.78 is 4.50. The number of rotatable bonds is 4. The Balaban J connectivity index is 2.52. The van der Waals surface area contributed by atoms with Crippen molar-refractivity contribution < 1.29 is 9.53 Å². The van der Waals surface area contributed by atoms with Gasteiger partial charge in [0.2, 0.25) is 0 Å². The Bertz CT molecular complexity index is 391. The minimum absolute atomic E-state index is 0.129. The minimum atomic E-state index is -0.342. The number of nitrogens with zero attached hydrogens (tertiary/aromatic N) is 3. The van der Waals surface area contributed by atoms with Crippen LogP contribution >= 0.6 is 11.6 Å². The second kappa shape index (κ2) is 6.02. The molecule has 0 unspecified atom stereocenters. The molecule has 7 heteroatoms. The molecule has 0 aliphatic heterocycles. The molecule has 0 atom stereocenters. The molecule has 1 N–H and O–H groups in total. The van der Waals surface area contributed by atoms with Crippen molar-refractivity contribution in [1.82, 2.24) is 10.2 Å². The van der Waals surface area contributed by atoms with Crippen LogP contribution in [0.4, 0.5) is 5.82 Å². The van der Waals surface area contributed by atoms with Gasteiger partial charge < -0.3 is 4.74 Å². The first-order valence-corrected chi connectivity index (χ1v) is 4.85. The van der Waals surface area contributed by atoms with Crippen LogP contribution in [-0.2, 0) is 9.53 Å². The molecule has 1 rings (SSSR count). The third-order valence-corrected chi connectivity index (χ3v) is 1.82. The molecule has 0 aliphatic rings. The Morgan fingerprint density at radius 3 is 2.88 bits per heavy atom. The first kappa shape index (κ1) is 12.4. The minimum Gasteiger partial charge on any atom is -0.469 e. The lowest BCUT2D eigenvalue weighted by Gasteiger charge is -2.01. The second-order valence-corrected chi connectivity index (χ2v) is 3.34. The lowest BCUT2D eigenvalue weighted by Crippen LogP contribution is -2.08. The van der Waals surface area contributed by atoms with E-state index in [2.05, 4.69) is 25.5 Å². The fourth-order valence-corrected chi connectivity index (χ4v) is 0.950. The van der Waals surface area contributed by atoms with Gasteiger partial charge in [-0.3, -0.25) is 10.2 Å². The summed E-state index contributed by atoms with van der Waals surface area (Å²) >= 11 is 5.56. The number of nitrogens with one attached hydrogen (secondary N) is 1. The third kappa shape index (κ3) is 4.22. The van der Waals surface area contributed by atoms with E-state index >= 15 is 0 Å². The molecule has 16 heavy (non-hydrogen) atoms. The number of hydrazone groups is 1. The van der Waals surface area contributed by atoms with Gasteiger partial charge in [0.15, 0.2) is 11.0 Å². The van der Waals surface area contributed by atoms with Crippen LogP contribution in [0.2, 0.25) is 5.15 Å². The van der Waals surface area contributed by atoms with Gasteiger partial charge in [0.25, 0.3) is 0 Å². The van der Waals surface area contributed by atoms with E-state index in [0.717, 1.165) is 0 Å². The molecular formula is C9H11ClN4O2. The van der Waals surface area contributed by atoms with Gasteiger partial charge in [-0.05, 0) is 19.1 Å². The summed E-state index contributed by atoms with van der Waals surface area (Å²) in [5.41, 5.74) is 3.24. The first-order valence-electron chi connectivity index (χ1n) is 4.47. The second-order valence-electron chi connectivity index (χ2n) is 2.95. The Morgan fingerprint density at radius 2 is 2.31 bits per heavy atom. The highest BCUT2D eigenvalue weighted by Gasteiger charge is 2.02. The lowest BCUT2D eigenvalue weighted by atomic mass is 10.3. The molecule has 0 bridgehead atoms. The molecule has 86 valence electrons. The molecule has 0 fully saturated rings. The van der Waals surface area contributed by atoms with E-state index in [1.165, 1.54) is 7.11 Å². The monoisotopic (exact) mass is 242 g/mol. The molecule has 0 spiro atoms. The molecule has 0 saturated carbocycles. The molecule has 0 aliphatic carbocycles. The SMILES string of the molecule is COC(=O)C/C(C)=N/Nc1ccc(Cl)nn1. The van der Waals surface area contributed by atoms with E-state index < -0.39 is 0 Å². The molecule has 1 aromatic rings. The number of methoxy groups -OCH3 is 1. The molecule has 0 amide bonds. The van der Waals surface area contributed by atoms with E-state index in [1.54, 1.807) is 19.1 Å². The quantitative estimate of drug-likeness (QED) is 0.492. The summed E-state index contributed by atoms with van der Waals surface area (Å²) in [4.78, 5) is 10.9. The maximum atomic E-state index is 10.9. The molecule has 0 radical (unpaired) electrons. The third-order valence-electron chi connectivity index (χ3n) is 1.62. The van der Waals surface area contributed by atoms with Crippen molar-refractivity contribution in [3.05, 3.63) is 17.3 Å². The molecule has 0 aromatic carbocycles. The Kier molecular flexibility index (Phi) is 4.65. The van der Waals surface area contributed by atoms with Crippen LogP contribution in [0.5, 0.6) is 0 Å². The van der Waals surface area contributed by atoms with Gasteiger partial charge in [0.05, 0.1) is 13.5 Å². The highest BCUT2D eigenvalue weighted by molar-refractivity contribution is 6.29. The average molecular weight is 243 g/mol. The fourth-order valence-electron chi connectivity index (χ4n) is 0.849. The zero-order valence-electron chi connectivity index (χ0n) is 8.90. The molecule has 0 saturated heterocycles. The summed E-state index contributed by atoms with van der Waals surface area (Å²) in [6.45, 7) is 1.70. The fraction of sp³-hybridized carbons (Fsp3) is 0.333. The Hall–Kier alpha value is -1.69. The smallest absolute Gasteiger partial charge is 0.311 e. The molecular weight excluding hydrogens is 232 g/mol. The van der Waals surface area contributed by atoms with Gasteiger partial charge in [-0.15, -0.1) is 10.2 Å². The van der Waals surface area contributed by atoms with E-state index in [-0.39, 0.29) is 12.4 Å². The summed E-state index contributed by atoms with van der Waals surface area (Å²) in [5.74, 6) is 0.110. The van der Waals surface area contributed by atoms with Gasteiger partial charge >= 0.3 is 5.97 Å². The number of hydrogen-bond donors (Lipinski definition) is 1. The van der Waals surface area contributed by atoms with Crippen molar-refractivity contribution in [2.24, 2.45) is 5.10 Å². The number of halogens is 1. The van der Waals surface area contributed by atoms with Gasteiger partial charge in [0.1, 0.15) is 0 Å². The number of ether oxygens (including phenoxy) is 1. The van der Waals surface area contributed by atoms with Crippen molar-refractivity contribution in [2.45, 2.75) is 13.3 Å². The average Bonchev–Trinajstić information content (AvgIpc) is 2.28. The van der Waals surface area contributed by atoms with Gasteiger partial charge in [0, 0.05) is 5.71 Å². The summed E-state index contributed by atoms with van der Waals surface area (Å²) in [6, 6.07) is 3.21. The molecule has 1 heterocycles. The maximum Gasteiger partial charge on any atom is 0.311 e. The molecule has 6 nitrogen and oxygen atoms in total. The number of anilines is 1. The van der Waals surface area contributed by atoms with Gasteiger partial charge in [-0.25, -0.2) is 0 Å². The predicted octanol–water partition coefficient (Wildman–Crippen LogP) is 1.48. The van der Waals surface area contributed by atoms with E-state index in [1.807, 2.05) is 0 Å². The van der Waals surface area contributed by atoms with Gasteiger partial charge in [-0.1, -0.05) is 11.6 Å². The maximum absolute atomic E-state index is 10.9. The number of carbonyl (C=O) groups is 1. The number of aromatic nitrogens is 2. The summed E-state index contributed by atoms with van der Waals surface area (Å²) in [5, 5.41) is 11.6. The lowest BCUT2D eigenvalue weighted by molar-refractivity contribution is -0.139. The van der Waals surface area contributed by atoms with Crippen molar-refractivity contribution >= 4 is 29.1 Å². The van der Waals surface area contributed by atoms with Crippen LogP contribution < -0.4 is 5.43 Å². The topological polar surface area (TPSA) is 76.5 Å². The van der Waals surface area contributed by atoms with E-state index in [4.69, 9.17) is 11.6 Å². The van der Waals surface area contributed by atoms with Crippen molar-refractivity contribution in [3.63, 3.8) is 0 Å². The van der Waals surface area contributed by atoms with Crippen molar-refractivity contribution in [1.29, 1.82) is 0 Å². The zero-order valence-corrected chi connectivity index (χ0v) is 9.65. The summed E-state index contributed by atoms with van der Waals surface area (Å²) in [7, 11) is 1.33. The first-order chi connectivity index (χ1) is 7.61. The normalized spacial score (nSPS) is 11.1. The zero-order chi connectivity index (χ0) is 12.0. The number of carbonyl (C=O) groups excluding carboxylic acids is 1. The van der Waals surface area contributed by atoms with Gasteiger partial charge in [-0.2, -0.15) is 5.10 Å². The highest BCUT2D eigenvalue weighted by Crippen LogP contribution is 2.05. The Labute approximate surface area is 97.7 Å². The van der Waals surface area contributed by atoms with Crippen LogP contribution in [0.25, 0.3) is 0 Å². The summed E-state index contributed by atoms with van der Waals surface area (Å²) in [6.07, 6.45) is 0.129. The van der Waals surface area contributed by atoms with Crippen LogP contribution in [0.15, 0.2) is 17.2 Å². The van der Waals surface area contributed by atoms with Crippen LogP contribution in [0.1, 0.15) is 13.3 Å². The standard InChI is InChI=1S/C9H11ClN4O2/c1-6(5-9(15)16-2)11-13-8-4-3-7(10)12-14-8/h3-4H,5H2,1-2H3,(H,13,14)/b11-6+. The van der Waals surface area contributed by atoms with Crippen molar-refractivity contribution in [2.75, 3.05) is 12.5 Å². The van der Waals surface area contributed by atoms with E-state index in [9.17, 15) is 4.79 Å². The highest BCUT2D eigenvalue weighted by atomic mass is 35.5. The number of esters is 1. The van der Waals surface area contributed by atoms with E-state index in [0.29, 0.717) is 16.7 Å².